The maximum atomic E-state index is 12.4. The van der Waals surface area contributed by atoms with Gasteiger partial charge in [0.15, 0.2) is 0 Å². The summed E-state index contributed by atoms with van der Waals surface area (Å²) in [6.07, 6.45) is 0.127. The molecule has 1 aliphatic rings. The Kier molecular flexibility index (Phi) is 5.77. The van der Waals surface area contributed by atoms with E-state index in [2.05, 4.69) is 0 Å². The van der Waals surface area contributed by atoms with Gasteiger partial charge < -0.3 is 10.0 Å². The first-order valence-corrected chi connectivity index (χ1v) is 9.66. The van der Waals surface area contributed by atoms with Crippen LogP contribution in [0.1, 0.15) is 19.8 Å². The van der Waals surface area contributed by atoms with E-state index in [0.29, 0.717) is 17.3 Å². The van der Waals surface area contributed by atoms with E-state index in [1.54, 1.807) is 29.3 Å². The highest BCUT2D eigenvalue weighted by Gasteiger charge is 2.31. The van der Waals surface area contributed by atoms with Crippen LogP contribution in [0.25, 0.3) is 0 Å². The highest BCUT2D eigenvalue weighted by Crippen LogP contribution is 2.22. The molecule has 2 heterocycles. The predicted molar refractivity (Wildman–Crippen MR) is 85.7 cm³/mol. The Hall–Kier alpha value is -1.45. The number of sulfonamides is 1. The Morgan fingerprint density at radius 3 is 2.43 bits per heavy atom. The topological polar surface area (TPSA) is 95.0 Å². The minimum atomic E-state index is -3.47. The van der Waals surface area contributed by atoms with Gasteiger partial charge in [-0.15, -0.1) is 11.3 Å². The van der Waals surface area contributed by atoms with Gasteiger partial charge >= 0.3 is 5.97 Å². The molecule has 1 aromatic rings. The second-order valence-electron chi connectivity index (χ2n) is 5.62. The number of hydrogen-bond donors (Lipinski definition) is 1. The van der Waals surface area contributed by atoms with Crippen LogP contribution in [0.4, 0.5) is 0 Å². The molecule has 1 fully saturated rings. The molecular weight excluding hydrogens is 340 g/mol. The van der Waals surface area contributed by atoms with Crippen molar-refractivity contribution in [3.05, 3.63) is 17.5 Å². The van der Waals surface area contributed by atoms with Gasteiger partial charge in [-0.3, -0.25) is 9.59 Å². The maximum absolute atomic E-state index is 12.4. The van der Waals surface area contributed by atoms with Crippen LogP contribution in [0.5, 0.6) is 0 Å². The molecule has 1 saturated heterocycles. The monoisotopic (exact) mass is 360 g/mol. The Balaban J connectivity index is 1.89. The molecule has 0 unspecified atom stereocenters. The molecule has 0 radical (unpaired) electrons. The minimum absolute atomic E-state index is 0.0432. The Morgan fingerprint density at radius 1 is 1.26 bits per heavy atom. The van der Waals surface area contributed by atoms with Gasteiger partial charge in [0.05, 0.1) is 0 Å². The standard InChI is InChI=1S/C14H20N2O5S2/c1-11(10-13(18)19)9-12(17)15-4-6-16(7-5-15)23(20,21)14-3-2-8-22-14/h2-3,8,11H,4-7,9-10H2,1H3,(H,18,19)/t11-/m1/s1. The van der Waals surface area contributed by atoms with Gasteiger partial charge in [-0.2, -0.15) is 4.31 Å². The summed E-state index contributed by atoms with van der Waals surface area (Å²) in [5.41, 5.74) is 0. The highest BCUT2D eigenvalue weighted by atomic mass is 32.2. The summed E-state index contributed by atoms with van der Waals surface area (Å²) in [6, 6.07) is 3.27. The first-order valence-electron chi connectivity index (χ1n) is 7.34. The van der Waals surface area contributed by atoms with Gasteiger partial charge in [0.2, 0.25) is 5.91 Å². The molecule has 1 atom stereocenters. The molecular formula is C14H20N2O5S2. The summed E-state index contributed by atoms with van der Waals surface area (Å²) >= 11 is 1.18. The Bertz CT molecular complexity index is 649. The summed E-state index contributed by atoms with van der Waals surface area (Å²) in [4.78, 5) is 24.4. The smallest absolute Gasteiger partial charge is 0.303 e. The van der Waals surface area contributed by atoms with Gasteiger partial charge in [0.25, 0.3) is 10.0 Å². The molecule has 128 valence electrons. The molecule has 7 nitrogen and oxygen atoms in total. The molecule has 9 heteroatoms. The summed E-state index contributed by atoms with van der Waals surface area (Å²) in [5, 5.41) is 10.4. The van der Waals surface area contributed by atoms with Crippen LogP contribution in [-0.2, 0) is 19.6 Å². The SMILES string of the molecule is C[C@@H](CC(=O)O)CC(=O)N1CCN(S(=O)(=O)c2cccs2)CC1. The van der Waals surface area contributed by atoms with Crippen molar-refractivity contribution in [3.63, 3.8) is 0 Å². The molecule has 1 aliphatic heterocycles. The number of carboxylic acids is 1. The van der Waals surface area contributed by atoms with Crippen molar-refractivity contribution in [3.8, 4) is 0 Å². The van der Waals surface area contributed by atoms with E-state index in [0.717, 1.165) is 0 Å². The molecule has 0 bridgehead atoms. The second kappa shape index (κ2) is 7.41. The number of thiophene rings is 1. The minimum Gasteiger partial charge on any atom is -0.481 e. The van der Waals surface area contributed by atoms with E-state index >= 15 is 0 Å². The Labute approximate surface area is 139 Å². The number of hydrogen-bond acceptors (Lipinski definition) is 5. The van der Waals surface area contributed by atoms with Crippen molar-refractivity contribution in [1.82, 2.24) is 9.21 Å². The fourth-order valence-corrected chi connectivity index (χ4v) is 5.08. The number of carbonyl (C=O) groups excluding carboxylic acids is 1. The zero-order chi connectivity index (χ0) is 17.0. The fraction of sp³-hybridized carbons (Fsp3) is 0.571. The van der Waals surface area contributed by atoms with Crippen LogP contribution in [0.2, 0.25) is 0 Å². The Morgan fingerprint density at radius 2 is 1.91 bits per heavy atom. The molecule has 0 spiro atoms. The third kappa shape index (κ3) is 4.52. The molecule has 2 rings (SSSR count). The van der Waals surface area contributed by atoms with E-state index < -0.39 is 16.0 Å². The van der Waals surface area contributed by atoms with Gasteiger partial charge in [0.1, 0.15) is 4.21 Å². The van der Waals surface area contributed by atoms with Gasteiger partial charge in [-0.05, 0) is 17.4 Å². The van der Waals surface area contributed by atoms with Gasteiger partial charge in [-0.25, -0.2) is 8.42 Å². The van der Waals surface area contributed by atoms with E-state index in [9.17, 15) is 18.0 Å². The molecule has 0 aliphatic carbocycles. The summed E-state index contributed by atoms with van der Waals surface area (Å²) < 4.78 is 26.5. The number of carbonyl (C=O) groups is 2. The fourth-order valence-electron chi connectivity index (χ4n) is 2.51. The third-order valence-electron chi connectivity index (χ3n) is 3.73. The van der Waals surface area contributed by atoms with Crippen molar-refractivity contribution in [2.45, 2.75) is 24.0 Å². The molecule has 23 heavy (non-hydrogen) atoms. The lowest BCUT2D eigenvalue weighted by atomic mass is 10.0. The number of aliphatic carboxylic acids is 1. The van der Waals surface area contributed by atoms with Gasteiger partial charge in [-0.1, -0.05) is 13.0 Å². The second-order valence-corrected chi connectivity index (χ2v) is 8.74. The number of carboxylic acid groups (broad SMARTS) is 1. The van der Waals surface area contributed by atoms with Gasteiger partial charge in [0, 0.05) is 39.0 Å². The molecule has 0 aromatic carbocycles. The number of piperazine rings is 1. The largest absolute Gasteiger partial charge is 0.481 e. The molecule has 0 saturated carbocycles. The van der Waals surface area contributed by atoms with Crippen molar-refractivity contribution in [1.29, 1.82) is 0 Å². The maximum Gasteiger partial charge on any atom is 0.303 e. The quantitative estimate of drug-likeness (QED) is 0.819. The first kappa shape index (κ1) is 17.9. The number of amides is 1. The van der Waals surface area contributed by atoms with E-state index in [1.807, 2.05) is 0 Å². The third-order valence-corrected chi connectivity index (χ3v) is 7.00. The van der Waals surface area contributed by atoms with Crippen LogP contribution >= 0.6 is 11.3 Å². The van der Waals surface area contributed by atoms with Crippen molar-refractivity contribution in [2.24, 2.45) is 5.92 Å². The zero-order valence-electron chi connectivity index (χ0n) is 12.8. The van der Waals surface area contributed by atoms with E-state index in [4.69, 9.17) is 5.11 Å². The molecule has 1 amide bonds. The van der Waals surface area contributed by atoms with Crippen molar-refractivity contribution in [2.75, 3.05) is 26.2 Å². The normalized spacial score (nSPS) is 17.9. The van der Waals surface area contributed by atoms with Crippen LogP contribution in [0.15, 0.2) is 21.7 Å². The highest BCUT2D eigenvalue weighted by molar-refractivity contribution is 7.91. The lowest BCUT2D eigenvalue weighted by Gasteiger charge is -2.34. The number of nitrogens with zero attached hydrogens (tertiary/aromatic N) is 2. The van der Waals surface area contributed by atoms with Crippen molar-refractivity contribution >= 4 is 33.2 Å². The lowest BCUT2D eigenvalue weighted by molar-refractivity contribution is -0.138. The van der Waals surface area contributed by atoms with Crippen molar-refractivity contribution < 1.29 is 23.1 Å². The van der Waals surface area contributed by atoms with E-state index in [1.165, 1.54) is 15.6 Å². The summed E-state index contributed by atoms with van der Waals surface area (Å²) in [5.74, 6) is -1.27. The first-order chi connectivity index (χ1) is 10.8. The van der Waals surface area contributed by atoms with Crippen LogP contribution < -0.4 is 0 Å². The van der Waals surface area contributed by atoms with Crippen LogP contribution in [-0.4, -0.2) is 60.8 Å². The zero-order valence-corrected chi connectivity index (χ0v) is 14.5. The lowest BCUT2D eigenvalue weighted by Crippen LogP contribution is -2.50. The number of rotatable bonds is 6. The average Bonchev–Trinajstić information content (AvgIpc) is 3.01. The predicted octanol–water partition coefficient (Wildman–Crippen LogP) is 1.08. The van der Waals surface area contributed by atoms with E-state index in [-0.39, 0.29) is 37.8 Å². The summed E-state index contributed by atoms with van der Waals surface area (Å²) in [6.45, 7) is 2.93. The van der Waals surface area contributed by atoms with Crippen LogP contribution in [0.3, 0.4) is 0 Å². The molecule has 1 N–H and O–H groups in total. The molecule has 1 aromatic heterocycles. The summed E-state index contributed by atoms with van der Waals surface area (Å²) in [7, 11) is -3.47. The average molecular weight is 360 g/mol. The van der Waals surface area contributed by atoms with Crippen LogP contribution in [0, 0.1) is 5.92 Å².